The van der Waals surface area contributed by atoms with E-state index in [-0.39, 0.29) is 0 Å². The second kappa shape index (κ2) is 43.5. The summed E-state index contributed by atoms with van der Waals surface area (Å²) in [5.74, 6) is 0.744. The maximum atomic E-state index is 5.65. The minimum atomic E-state index is 0.518. The topological polar surface area (TPSA) is 111 Å². The van der Waals surface area contributed by atoms with Gasteiger partial charge in [-0.2, -0.15) is 0 Å². The molecule has 0 spiro atoms. The molecule has 0 aliphatic heterocycles. The monoisotopic (exact) mass is 774 g/mol. The molecule has 0 atom stereocenters. The number of alkyl halides is 2. The van der Waals surface area contributed by atoms with E-state index in [1.807, 2.05) is 0 Å². The molecule has 0 heterocycles. The van der Waals surface area contributed by atoms with E-state index in [0.717, 1.165) is 36.4 Å². The van der Waals surface area contributed by atoms with Gasteiger partial charge in [0.2, 0.25) is 0 Å². The van der Waals surface area contributed by atoms with Crippen LogP contribution in [0.3, 0.4) is 0 Å². The van der Waals surface area contributed by atoms with Crippen LogP contribution in [-0.4, -0.2) is 169 Å². The second-order valence-electron chi connectivity index (χ2n) is 9.14. The molecule has 0 aliphatic carbocycles. The Morgan fingerprint density at radius 3 is 0.682 bits per heavy atom. The zero-order valence-corrected chi connectivity index (χ0v) is 29.8. The van der Waals surface area contributed by atoms with Crippen LogP contribution < -0.4 is 0 Å². The van der Waals surface area contributed by atoms with Gasteiger partial charge in [-0.3, -0.25) is 0 Å². The highest BCUT2D eigenvalue weighted by molar-refractivity contribution is 14.1. The zero-order chi connectivity index (χ0) is 31.7. The van der Waals surface area contributed by atoms with Crippen molar-refractivity contribution in [3.8, 4) is 0 Å². The summed E-state index contributed by atoms with van der Waals surface area (Å²) in [7, 11) is 0. The number of halogens is 2. The van der Waals surface area contributed by atoms with Gasteiger partial charge in [-0.1, -0.05) is 35.4 Å². The molecule has 12 nitrogen and oxygen atoms in total. The average Bonchev–Trinajstić information content (AvgIpc) is 3.04. The van der Waals surface area contributed by atoms with Crippen molar-refractivity contribution < 1.29 is 56.8 Å². The van der Waals surface area contributed by atoms with Gasteiger partial charge in [-0.15, -0.1) is 11.6 Å². The zero-order valence-electron chi connectivity index (χ0n) is 26.9. The summed E-state index contributed by atoms with van der Waals surface area (Å²) >= 11 is 7.93. The Kier molecular flexibility index (Phi) is 44.1. The predicted molar refractivity (Wildman–Crippen MR) is 178 cm³/mol. The molecule has 0 saturated carbocycles. The first-order valence-electron chi connectivity index (χ1n) is 16.0. The van der Waals surface area contributed by atoms with Crippen molar-refractivity contribution in [1.82, 2.24) is 0 Å². The maximum Gasteiger partial charge on any atom is 0.0701 e. The van der Waals surface area contributed by atoms with Crippen LogP contribution in [0.25, 0.3) is 0 Å². The van der Waals surface area contributed by atoms with Crippen molar-refractivity contribution in [2.75, 3.05) is 169 Å². The lowest BCUT2D eigenvalue weighted by atomic mass is 10.2. The normalized spacial score (nSPS) is 11.6. The van der Waals surface area contributed by atoms with E-state index in [1.165, 1.54) is 12.8 Å². The molecule has 0 bridgehead atoms. The Balaban J connectivity index is 3.03. The molecule has 0 aromatic heterocycles. The van der Waals surface area contributed by atoms with Crippen molar-refractivity contribution in [1.29, 1.82) is 0 Å². The fourth-order valence-corrected chi connectivity index (χ4v) is 3.73. The van der Waals surface area contributed by atoms with Crippen molar-refractivity contribution in [3.05, 3.63) is 0 Å². The number of hydrogen-bond donors (Lipinski definition) is 0. The van der Waals surface area contributed by atoms with E-state index in [1.54, 1.807) is 0 Å². The van der Waals surface area contributed by atoms with Gasteiger partial charge in [0.05, 0.1) is 152 Å². The summed E-state index contributed by atoms with van der Waals surface area (Å²) in [6.07, 6.45) is 4.50. The van der Waals surface area contributed by atoms with Crippen LogP contribution in [0.1, 0.15) is 25.7 Å². The Bertz CT molecular complexity index is 461. The van der Waals surface area contributed by atoms with E-state index < -0.39 is 0 Å². The third-order valence-electron chi connectivity index (χ3n) is 5.49. The second-order valence-corrected chi connectivity index (χ2v) is 10.6. The molecule has 14 heteroatoms. The Morgan fingerprint density at radius 1 is 0.250 bits per heavy atom. The van der Waals surface area contributed by atoms with Gasteiger partial charge in [-0.05, 0) is 12.8 Å². The first kappa shape index (κ1) is 44.5. The highest BCUT2D eigenvalue weighted by Crippen LogP contribution is 2.01. The van der Waals surface area contributed by atoms with Crippen LogP contribution in [0.15, 0.2) is 0 Å². The molecule has 0 aliphatic rings. The van der Waals surface area contributed by atoms with E-state index in [2.05, 4.69) is 22.6 Å². The summed E-state index contributed by atoms with van der Waals surface area (Å²) in [6, 6.07) is 0. The number of hydrogen-bond acceptors (Lipinski definition) is 12. The molecule has 44 heavy (non-hydrogen) atoms. The van der Waals surface area contributed by atoms with Gasteiger partial charge in [0.25, 0.3) is 0 Å². The SMILES string of the molecule is ClCCCCCCOCCOCCOCCOCCOCCOCCOCCOCCOCCOCCOCCOCCI. The summed E-state index contributed by atoms with van der Waals surface area (Å²) in [6.45, 7) is 13.6. The molecule has 0 unspecified atom stereocenters. The number of rotatable bonds is 41. The largest absolute Gasteiger partial charge is 0.379 e. The van der Waals surface area contributed by atoms with Crippen LogP contribution in [-0.2, 0) is 56.8 Å². The third kappa shape index (κ3) is 42.5. The van der Waals surface area contributed by atoms with Gasteiger partial charge >= 0.3 is 0 Å². The van der Waals surface area contributed by atoms with E-state index in [9.17, 15) is 0 Å². The first-order chi connectivity index (χ1) is 21.9. The van der Waals surface area contributed by atoms with Crippen LogP contribution in [0.2, 0.25) is 0 Å². The number of unbranched alkanes of at least 4 members (excludes halogenated alkanes) is 3. The standard InChI is InChI=1S/C30H60ClIO12/c31-5-3-1-2-4-7-33-9-11-35-13-15-37-17-19-39-21-23-41-25-27-43-29-30-44-28-26-42-24-22-40-20-18-38-16-14-36-12-10-34-8-6-32/h1-30H2. The van der Waals surface area contributed by atoms with Crippen molar-refractivity contribution in [2.24, 2.45) is 0 Å². The molecule has 0 N–H and O–H groups in total. The van der Waals surface area contributed by atoms with Crippen molar-refractivity contribution >= 4 is 34.2 Å². The summed E-state index contributed by atoms with van der Waals surface area (Å²) in [5, 5.41) is 0. The van der Waals surface area contributed by atoms with Gasteiger partial charge in [0, 0.05) is 16.9 Å². The molecule has 0 fully saturated rings. The van der Waals surface area contributed by atoms with Crippen LogP contribution in [0.4, 0.5) is 0 Å². The lowest BCUT2D eigenvalue weighted by molar-refractivity contribution is -0.0282. The van der Waals surface area contributed by atoms with Crippen LogP contribution in [0.5, 0.6) is 0 Å². The third-order valence-corrected chi connectivity index (χ3v) is 6.19. The van der Waals surface area contributed by atoms with E-state index >= 15 is 0 Å². The van der Waals surface area contributed by atoms with Crippen molar-refractivity contribution in [2.45, 2.75) is 25.7 Å². The van der Waals surface area contributed by atoms with Crippen molar-refractivity contribution in [3.63, 3.8) is 0 Å². The lowest BCUT2D eigenvalue weighted by Crippen LogP contribution is -2.15. The van der Waals surface area contributed by atoms with Crippen LogP contribution >= 0.6 is 34.2 Å². The molecule has 0 rings (SSSR count). The highest BCUT2D eigenvalue weighted by Gasteiger charge is 1.97. The fourth-order valence-electron chi connectivity index (χ4n) is 3.23. The van der Waals surface area contributed by atoms with Gasteiger partial charge < -0.3 is 56.8 Å². The Labute approximate surface area is 284 Å². The molecule has 0 radical (unpaired) electrons. The number of ether oxygens (including phenoxy) is 12. The highest BCUT2D eigenvalue weighted by atomic mass is 127. The molecule has 0 amide bonds. The fraction of sp³-hybridized carbons (Fsp3) is 1.00. The molecule has 266 valence electrons. The van der Waals surface area contributed by atoms with E-state index in [4.69, 9.17) is 68.4 Å². The smallest absolute Gasteiger partial charge is 0.0701 e. The van der Waals surface area contributed by atoms with E-state index in [0.29, 0.717) is 145 Å². The predicted octanol–water partition coefficient (Wildman–Crippen LogP) is 3.42. The average molecular weight is 775 g/mol. The molecular weight excluding hydrogens is 715 g/mol. The summed E-state index contributed by atoms with van der Waals surface area (Å²) in [4.78, 5) is 0. The molecule has 0 aromatic carbocycles. The molecule has 0 saturated heterocycles. The van der Waals surface area contributed by atoms with Gasteiger partial charge in [0.1, 0.15) is 0 Å². The molecule has 0 aromatic rings. The Hall–Kier alpha value is 0.540. The quantitative estimate of drug-likeness (QED) is 0.0516. The molecular formula is C30H60ClIO12. The summed E-state index contributed by atoms with van der Waals surface area (Å²) < 4.78 is 66.5. The minimum absolute atomic E-state index is 0.518. The lowest BCUT2D eigenvalue weighted by Gasteiger charge is -2.09. The van der Waals surface area contributed by atoms with Crippen LogP contribution in [0, 0.1) is 0 Å². The maximum absolute atomic E-state index is 5.65. The first-order valence-corrected chi connectivity index (χ1v) is 18.0. The Morgan fingerprint density at radius 2 is 0.455 bits per heavy atom. The minimum Gasteiger partial charge on any atom is -0.379 e. The summed E-state index contributed by atoms with van der Waals surface area (Å²) in [5.41, 5.74) is 0. The van der Waals surface area contributed by atoms with Gasteiger partial charge in [-0.25, -0.2) is 0 Å². The van der Waals surface area contributed by atoms with Gasteiger partial charge in [0.15, 0.2) is 0 Å².